The van der Waals surface area contributed by atoms with Gasteiger partial charge in [0.1, 0.15) is 17.5 Å². The Labute approximate surface area is 223 Å². The van der Waals surface area contributed by atoms with E-state index in [-0.39, 0.29) is 18.3 Å². The minimum atomic E-state index is -4.84. The number of nitrogens with one attached hydrogen (secondary N) is 1. The van der Waals surface area contributed by atoms with Crippen molar-refractivity contribution in [3.05, 3.63) is 82.4 Å². The fourth-order valence-electron chi connectivity index (χ4n) is 4.50. The zero-order valence-corrected chi connectivity index (χ0v) is 21.5. The highest BCUT2D eigenvalue weighted by Crippen LogP contribution is 2.36. The van der Waals surface area contributed by atoms with E-state index in [9.17, 15) is 18.0 Å². The molecule has 1 amide bonds. The second-order valence-electron chi connectivity index (χ2n) is 8.96. The van der Waals surface area contributed by atoms with Crippen molar-refractivity contribution in [2.24, 2.45) is 0 Å². The molecule has 1 aliphatic rings. The number of carbonyl (C=O) groups excluding carboxylic acids is 1. The van der Waals surface area contributed by atoms with Crippen LogP contribution in [-0.4, -0.2) is 37.6 Å². The lowest BCUT2D eigenvalue weighted by molar-refractivity contribution is -0.274. The van der Waals surface area contributed by atoms with Gasteiger partial charge in [0.25, 0.3) is 5.91 Å². The highest BCUT2D eigenvalue weighted by Gasteiger charge is 2.34. The smallest absolute Gasteiger partial charge is 0.497 e. The summed E-state index contributed by atoms with van der Waals surface area (Å²) < 4.78 is 48.0. The number of anilines is 2. The Morgan fingerprint density at radius 2 is 1.84 bits per heavy atom. The number of benzene rings is 3. The average Bonchev–Trinajstić information content (AvgIpc) is 3.30. The van der Waals surface area contributed by atoms with Gasteiger partial charge in [-0.05, 0) is 72.7 Å². The van der Waals surface area contributed by atoms with Crippen LogP contribution in [0.25, 0.3) is 0 Å². The van der Waals surface area contributed by atoms with Crippen LogP contribution in [0.2, 0.25) is 5.02 Å². The summed E-state index contributed by atoms with van der Waals surface area (Å²) in [6.07, 6.45) is -2.16. The number of unbranched alkanes of at least 4 members (excludes halogenated alkanes) is 1. The van der Waals surface area contributed by atoms with Crippen LogP contribution in [0.3, 0.4) is 0 Å². The van der Waals surface area contributed by atoms with Crippen molar-refractivity contribution in [1.82, 2.24) is 0 Å². The maximum Gasteiger partial charge on any atom is 0.573 e. The van der Waals surface area contributed by atoms with Crippen LogP contribution in [0, 0.1) is 0 Å². The summed E-state index contributed by atoms with van der Waals surface area (Å²) in [5.74, 6) is -0.107. The van der Waals surface area contributed by atoms with Crippen LogP contribution in [-0.2, 0) is 17.6 Å². The molecule has 4 rings (SSSR count). The molecule has 0 aliphatic carbocycles. The predicted octanol–water partition coefficient (Wildman–Crippen LogP) is 6.30. The van der Waals surface area contributed by atoms with Crippen molar-refractivity contribution < 1.29 is 32.5 Å². The molecule has 0 saturated heterocycles. The van der Waals surface area contributed by atoms with Gasteiger partial charge in [0.2, 0.25) is 0 Å². The Hall–Kier alpha value is -3.43. The first kappa shape index (κ1) is 27.6. The van der Waals surface area contributed by atoms with Gasteiger partial charge in [-0.1, -0.05) is 29.8 Å². The largest absolute Gasteiger partial charge is 0.573 e. The maximum atomic E-state index is 14.0. The molecular weight excluding hydrogens is 521 g/mol. The van der Waals surface area contributed by atoms with E-state index in [2.05, 4.69) is 10.1 Å². The van der Waals surface area contributed by atoms with Gasteiger partial charge in [-0.2, -0.15) is 0 Å². The number of aliphatic hydroxyl groups is 1. The minimum absolute atomic E-state index is 0.106. The highest BCUT2D eigenvalue weighted by atomic mass is 35.5. The lowest BCUT2D eigenvalue weighted by Crippen LogP contribution is -2.37. The number of rotatable bonds is 10. The maximum absolute atomic E-state index is 14.0. The van der Waals surface area contributed by atoms with E-state index in [1.165, 1.54) is 17.0 Å². The van der Waals surface area contributed by atoms with Crippen molar-refractivity contribution in [2.45, 2.75) is 38.1 Å². The number of methoxy groups -OCH3 is 1. The fourth-order valence-corrected chi connectivity index (χ4v) is 4.62. The highest BCUT2D eigenvalue weighted by molar-refractivity contribution is 6.30. The number of carbonyl (C=O) groups is 1. The van der Waals surface area contributed by atoms with Crippen LogP contribution in [0.15, 0.2) is 60.7 Å². The number of hydrogen-bond donors (Lipinski definition) is 2. The Morgan fingerprint density at radius 1 is 1.08 bits per heavy atom. The number of halogens is 4. The third-order valence-electron chi connectivity index (χ3n) is 6.29. The van der Waals surface area contributed by atoms with Crippen molar-refractivity contribution in [3.8, 4) is 11.5 Å². The standard InChI is InChI=1S/C28H28ClF3N2O4/c1-37-24-15-18(4-2-3-13-35)14-22(16-24)33-26(20-5-8-21(29)9-6-20)27(36)34-12-11-19-7-10-23(17-25(19)34)38-28(30,31)32/h5-10,14-17,26,33,35H,2-4,11-13H2,1H3. The number of amides is 1. The van der Waals surface area contributed by atoms with Crippen molar-refractivity contribution in [1.29, 1.82) is 0 Å². The van der Waals surface area contributed by atoms with E-state index in [1.807, 2.05) is 12.1 Å². The molecule has 0 aromatic heterocycles. The number of nitrogens with zero attached hydrogens (tertiary/aromatic N) is 1. The molecule has 3 aromatic rings. The molecule has 1 aliphatic heterocycles. The first-order valence-electron chi connectivity index (χ1n) is 12.2. The summed E-state index contributed by atoms with van der Waals surface area (Å²) in [4.78, 5) is 15.4. The molecule has 0 saturated carbocycles. The van der Waals surface area contributed by atoms with Crippen LogP contribution >= 0.6 is 11.6 Å². The van der Waals surface area contributed by atoms with Crippen LogP contribution in [0.5, 0.6) is 11.5 Å². The molecule has 3 aromatic carbocycles. The summed E-state index contributed by atoms with van der Waals surface area (Å²) in [6.45, 7) is 0.426. The SMILES string of the molecule is COc1cc(CCCCO)cc(NC(C(=O)N2CCc3ccc(OC(F)(F)F)cc32)c2ccc(Cl)cc2)c1. The lowest BCUT2D eigenvalue weighted by Gasteiger charge is -2.27. The number of fused-ring (bicyclic) bond motifs is 1. The third kappa shape index (κ3) is 6.90. The summed E-state index contributed by atoms with van der Waals surface area (Å²) in [5.41, 5.74) is 3.40. The van der Waals surface area contributed by atoms with E-state index in [0.29, 0.717) is 53.5 Å². The molecular formula is C28H28ClF3N2O4. The molecule has 1 heterocycles. The van der Waals surface area contributed by atoms with Crippen LogP contribution in [0.4, 0.5) is 24.5 Å². The van der Waals surface area contributed by atoms with Crippen LogP contribution < -0.4 is 19.7 Å². The van der Waals surface area contributed by atoms with Crippen LogP contribution in [0.1, 0.15) is 35.6 Å². The topological polar surface area (TPSA) is 71.0 Å². The quantitative estimate of drug-likeness (QED) is 0.291. The molecule has 1 atom stereocenters. The Balaban J connectivity index is 1.67. The summed E-state index contributed by atoms with van der Waals surface area (Å²) in [6, 6.07) is 15.6. The van der Waals surface area contributed by atoms with Gasteiger partial charge in [0, 0.05) is 36.0 Å². The van der Waals surface area contributed by atoms with Crippen molar-refractivity contribution in [3.63, 3.8) is 0 Å². The van der Waals surface area contributed by atoms with E-state index in [1.54, 1.807) is 43.5 Å². The van der Waals surface area contributed by atoms with Gasteiger partial charge < -0.3 is 24.8 Å². The number of ether oxygens (including phenoxy) is 2. The molecule has 202 valence electrons. The summed E-state index contributed by atoms with van der Waals surface area (Å²) in [7, 11) is 1.56. The van der Waals surface area contributed by atoms with Crippen molar-refractivity contribution >= 4 is 28.9 Å². The molecule has 0 radical (unpaired) electrons. The Bertz CT molecular complexity index is 1270. The number of aliphatic hydroxyl groups excluding tert-OH is 1. The molecule has 0 fully saturated rings. The molecule has 0 spiro atoms. The fraction of sp³-hybridized carbons (Fsp3) is 0.321. The van der Waals surface area contributed by atoms with E-state index in [4.69, 9.17) is 21.4 Å². The second-order valence-corrected chi connectivity index (χ2v) is 9.39. The van der Waals surface area contributed by atoms with E-state index in [0.717, 1.165) is 17.5 Å². The minimum Gasteiger partial charge on any atom is -0.497 e. The zero-order valence-electron chi connectivity index (χ0n) is 20.7. The zero-order chi connectivity index (χ0) is 27.3. The molecule has 0 bridgehead atoms. The number of alkyl halides is 3. The monoisotopic (exact) mass is 548 g/mol. The molecule has 1 unspecified atom stereocenters. The normalized spacial score (nSPS) is 13.7. The molecule has 10 heteroatoms. The van der Waals surface area contributed by atoms with E-state index >= 15 is 0 Å². The summed E-state index contributed by atoms with van der Waals surface area (Å²) >= 11 is 6.09. The first-order valence-corrected chi connectivity index (χ1v) is 12.6. The predicted molar refractivity (Wildman–Crippen MR) is 140 cm³/mol. The van der Waals surface area contributed by atoms with Gasteiger partial charge >= 0.3 is 6.36 Å². The average molecular weight is 549 g/mol. The third-order valence-corrected chi connectivity index (χ3v) is 6.54. The van der Waals surface area contributed by atoms with E-state index < -0.39 is 12.4 Å². The van der Waals surface area contributed by atoms with Gasteiger partial charge in [-0.15, -0.1) is 13.2 Å². The van der Waals surface area contributed by atoms with Gasteiger partial charge in [-0.25, -0.2) is 0 Å². The van der Waals surface area contributed by atoms with Crippen molar-refractivity contribution in [2.75, 3.05) is 30.5 Å². The van der Waals surface area contributed by atoms with Gasteiger partial charge in [0.05, 0.1) is 12.8 Å². The molecule has 6 nitrogen and oxygen atoms in total. The summed E-state index contributed by atoms with van der Waals surface area (Å²) in [5, 5.41) is 12.9. The second kappa shape index (κ2) is 12.0. The Morgan fingerprint density at radius 3 is 2.53 bits per heavy atom. The molecule has 38 heavy (non-hydrogen) atoms. The lowest BCUT2D eigenvalue weighted by atomic mass is 10.0. The Kier molecular flexibility index (Phi) is 8.69. The number of aryl methyl sites for hydroxylation is 1. The van der Waals surface area contributed by atoms with Gasteiger partial charge in [0.15, 0.2) is 0 Å². The molecule has 2 N–H and O–H groups in total. The number of hydrogen-bond acceptors (Lipinski definition) is 5. The first-order chi connectivity index (χ1) is 18.2. The van der Waals surface area contributed by atoms with Gasteiger partial charge in [-0.3, -0.25) is 4.79 Å².